The molecule has 0 atom stereocenters. The largest absolute Gasteiger partial charge is 0.337 e. The van der Waals surface area contributed by atoms with E-state index in [2.05, 4.69) is 4.98 Å². The molecule has 0 saturated carbocycles. The van der Waals surface area contributed by atoms with Crippen molar-refractivity contribution in [2.75, 3.05) is 0 Å². The third kappa shape index (κ3) is 0.907. The van der Waals surface area contributed by atoms with Crippen molar-refractivity contribution in [3.63, 3.8) is 0 Å². The topological polar surface area (TPSA) is 31.4 Å². The number of nitrogens with zero attached hydrogens (tertiary/aromatic N) is 1. The van der Waals surface area contributed by atoms with Gasteiger partial charge in [-0.25, -0.2) is 0 Å². The Morgan fingerprint density at radius 3 is 3.23 bits per heavy atom. The number of hydrogen-bond acceptors (Lipinski definition) is 3. The maximum Gasteiger partial charge on any atom is 0.173 e. The second-order valence-electron chi connectivity index (χ2n) is 2.96. The third-order valence-corrected chi connectivity index (χ3v) is 2.19. The average Bonchev–Trinajstić information content (AvgIpc) is 2.65. The molecule has 2 aromatic rings. The molecule has 2 heterocycles. The molecule has 64 valence electrons. The van der Waals surface area contributed by atoms with Gasteiger partial charge in [0.2, 0.25) is 0 Å². The quantitative estimate of drug-likeness (QED) is 0.571. The monoisotopic (exact) mass is 173 g/mol. The predicted octanol–water partition coefficient (Wildman–Crippen LogP) is 2.06. The van der Waals surface area contributed by atoms with Crippen LogP contribution in [0.25, 0.3) is 10.9 Å². The number of rotatable bonds is 0. The molecule has 0 fully saturated rings. The van der Waals surface area contributed by atoms with E-state index in [4.69, 9.17) is 9.78 Å². The highest BCUT2D eigenvalue weighted by molar-refractivity contribution is 5.83. The Balaban J connectivity index is 2.43. The molecule has 1 aromatic heterocycles. The summed E-state index contributed by atoms with van der Waals surface area (Å²) in [6.45, 7) is 0.490. The first-order valence-electron chi connectivity index (χ1n) is 4.11. The van der Waals surface area contributed by atoms with Crippen LogP contribution in [0, 0.1) is 0 Å². The van der Waals surface area contributed by atoms with Crippen LogP contribution in [0.1, 0.15) is 5.56 Å². The van der Waals surface area contributed by atoms with Gasteiger partial charge in [-0.05, 0) is 18.2 Å². The first-order chi connectivity index (χ1) is 6.45. The van der Waals surface area contributed by atoms with E-state index in [1.165, 1.54) is 0 Å². The smallest absolute Gasteiger partial charge is 0.173 e. The standard InChI is InChI=1S/C10H7NO2/c1-2-7-3-4-9-8(6-12-13-9)10(7)11-5-1/h1-5H,6H2. The molecule has 0 aliphatic carbocycles. The Kier molecular flexibility index (Phi) is 1.29. The van der Waals surface area contributed by atoms with Gasteiger partial charge in [-0.1, -0.05) is 6.07 Å². The van der Waals surface area contributed by atoms with Crippen LogP contribution < -0.4 is 4.89 Å². The van der Waals surface area contributed by atoms with Gasteiger partial charge in [0.1, 0.15) is 6.61 Å². The van der Waals surface area contributed by atoms with Crippen molar-refractivity contribution in [1.29, 1.82) is 0 Å². The molecular weight excluding hydrogens is 166 g/mol. The zero-order valence-corrected chi connectivity index (χ0v) is 6.86. The highest BCUT2D eigenvalue weighted by atomic mass is 17.2. The summed E-state index contributed by atoms with van der Waals surface area (Å²) in [5.74, 6) is 0.784. The summed E-state index contributed by atoms with van der Waals surface area (Å²) in [6.07, 6.45) is 1.78. The summed E-state index contributed by atoms with van der Waals surface area (Å²) in [4.78, 5) is 14.1. The second-order valence-corrected chi connectivity index (χ2v) is 2.96. The lowest BCUT2D eigenvalue weighted by Crippen LogP contribution is -1.83. The minimum Gasteiger partial charge on any atom is -0.337 e. The van der Waals surface area contributed by atoms with Gasteiger partial charge in [-0.2, -0.15) is 4.89 Å². The molecule has 0 unspecified atom stereocenters. The normalized spacial score (nSPS) is 14.2. The Bertz CT molecular complexity index is 467. The van der Waals surface area contributed by atoms with Crippen molar-refractivity contribution >= 4 is 10.9 Å². The maximum absolute atomic E-state index is 4.97. The van der Waals surface area contributed by atoms with Crippen LogP contribution in [0.5, 0.6) is 5.75 Å². The van der Waals surface area contributed by atoms with Crippen LogP contribution in [0.2, 0.25) is 0 Å². The van der Waals surface area contributed by atoms with E-state index in [1.807, 2.05) is 24.3 Å². The van der Waals surface area contributed by atoms with E-state index < -0.39 is 0 Å². The Morgan fingerprint density at radius 1 is 1.23 bits per heavy atom. The molecule has 0 bridgehead atoms. The summed E-state index contributed by atoms with van der Waals surface area (Å²) in [5.41, 5.74) is 2.01. The molecule has 1 aromatic carbocycles. The molecular formula is C10H7NO2. The number of fused-ring (bicyclic) bond motifs is 3. The summed E-state index contributed by atoms with van der Waals surface area (Å²) < 4.78 is 0. The summed E-state index contributed by atoms with van der Waals surface area (Å²) in [6, 6.07) is 7.84. The van der Waals surface area contributed by atoms with Gasteiger partial charge < -0.3 is 4.89 Å². The molecule has 1 aliphatic heterocycles. The van der Waals surface area contributed by atoms with Crippen LogP contribution in [0.4, 0.5) is 0 Å². The molecule has 1 aliphatic rings. The van der Waals surface area contributed by atoms with Crippen molar-refractivity contribution in [2.45, 2.75) is 6.61 Å². The highest BCUT2D eigenvalue weighted by Crippen LogP contribution is 2.31. The SMILES string of the molecule is c1cnc2c3c(ccc2c1)OOC3. The molecule has 13 heavy (non-hydrogen) atoms. The van der Waals surface area contributed by atoms with Gasteiger partial charge in [-0.15, -0.1) is 0 Å². The van der Waals surface area contributed by atoms with E-state index in [-0.39, 0.29) is 0 Å². The van der Waals surface area contributed by atoms with E-state index in [0.717, 1.165) is 22.2 Å². The van der Waals surface area contributed by atoms with Crippen LogP contribution in [0.15, 0.2) is 30.5 Å². The molecule has 3 heteroatoms. The molecule has 0 amide bonds. The van der Waals surface area contributed by atoms with Crippen molar-refractivity contribution in [2.24, 2.45) is 0 Å². The van der Waals surface area contributed by atoms with E-state index >= 15 is 0 Å². The fraction of sp³-hybridized carbons (Fsp3) is 0.100. The van der Waals surface area contributed by atoms with Crippen LogP contribution in [0.3, 0.4) is 0 Å². The molecule has 0 saturated heterocycles. The van der Waals surface area contributed by atoms with E-state index in [1.54, 1.807) is 6.20 Å². The Labute approximate surface area is 74.8 Å². The van der Waals surface area contributed by atoms with E-state index in [9.17, 15) is 0 Å². The third-order valence-electron chi connectivity index (χ3n) is 2.19. The number of hydrogen-bond donors (Lipinski definition) is 0. The lowest BCUT2D eigenvalue weighted by molar-refractivity contribution is -0.194. The maximum atomic E-state index is 4.97. The van der Waals surface area contributed by atoms with E-state index in [0.29, 0.717) is 6.61 Å². The van der Waals surface area contributed by atoms with Gasteiger partial charge >= 0.3 is 0 Å². The van der Waals surface area contributed by atoms with Gasteiger partial charge in [0, 0.05) is 11.6 Å². The fourth-order valence-electron chi connectivity index (χ4n) is 1.56. The molecule has 3 nitrogen and oxygen atoms in total. The lowest BCUT2D eigenvalue weighted by atomic mass is 10.1. The molecule has 3 rings (SSSR count). The molecule has 0 N–H and O–H groups in total. The van der Waals surface area contributed by atoms with Crippen molar-refractivity contribution in [3.8, 4) is 5.75 Å². The van der Waals surface area contributed by atoms with Gasteiger partial charge in [0.25, 0.3) is 0 Å². The first kappa shape index (κ1) is 6.86. The molecule has 0 spiro atoms. The highest BCUT2D eigenvalue weighted by Gasteiger charge is 2.16. The summed E-state index contributed by atoms with van der Waals surface area (Å²) in [5, 5.41) is 1.12. The van der Waals surface area contributed by atoms with Gasteiger partial charge in [0.05, 0.1) is 11.1 Å². The number of aromatic nitrogens is 1. The minimum atomic E-state index is 0.490. The minimum absolute atomic E-state index is 0.490. The fourth-order valence-corrected chi connectivity index (χ4v) is 1.56. The van der Waals surface area contributed by atoms with Gasteiger partial charge in [0.15, 0.2) is 5.75 Å². The Morgan fingerprint density at radius 2 is 2.23 bits per heavy atom. The lowest BCUT2D eigenvalue weighted by Gasteiger charge is -1.98. The second kappa shape index (κ2) is 2.44. The summed E-state index contributed by atoms with van der Waals surface area (Å²) in [7, 11) is 0. The zero-order chi connectivity index (χ0) is 8.67. The summed E-state index contributed by atoms with van der Waals surface area (Å²) >= 11 is 0. The first-order valence-corrected chi connectivity index (χ1v) is 4.11. The number of benzene rings is 1. The van der Waals surface area contributed by atoms with Crippen LogP contribution in [-0.2, 0) is 11.5 Å². The van der Waals surface area contributed by atoms with Crippen LogP contribution >= 0.6 is 0 Å². The van der Waals surface area contributed by atoms with Crippen molar-refractivity contribution < 1.29 is 9.78 Å². The van der Waals surface area contributed by atoms with Crippen LogP contribution in [-0.4, -0.2) is 4.98 Å². The average molecular weight is 173 g/mol. The molecule has 0 radical (unpaired) electrons. The zero-order valence-electron chi connectivity index (χ0n) is 6.86. The van der Waals surface area contributed by atoms with Gasteiger partial charge in [-0.3, -0.25) is 4.98 Å². The Hall–Kier alpha value is -1.61. The predicted molar refractivity (Wildman–Crippen MR) is 47.2 cm³/mol. The van der Waals surface area contributed by atoms with Crippen molar-refractivity contribution in [3.05, 3.63) is 36.0 Å². The number of pyridine rings is 1. The van der Waals surface area contributed by atoms with Crippen molar-refractivity contribution in [1.82, 2.24) is 4.98 Å².